The first-order valence-corrected chi connectivity index (χ1v) is 8.28. The molecule has 0 spiro atoms. The van der Waals surface area contributed by atoms with Gasteiger partial charge in [0.15, 0.2) is 0 Å². The average Bonchev–Trinajstić information content (AvgIpc) is 3.04. The van der Waals surface area contributed by atoms with E-state index in [0.29, 0.717) is 11.5 Å². The van der Waals surface area contributed by atoms with Gasteiger partial charge in [-0.25, -0.2) is 0 Å². The van der Waals surface area contributed by atoms with E-state index in [4.69, 9.17) is 0 Å². The Hall–Kier alpha value is -0.830. The minimum atomic E-state index is 0.497. The third kappa shape index (κ3) is 3.43. The molecule has 1 heterocycles. The molecule has 1 unspecified atom stereocenters. The molecule has 1 fully saturated rings. The molecule has 20 heavy (non-hydrogen) atoms. The van der Waals surface area contributed by atoms with Gasteiger partial charge in [-0.15, -0.1) is 0 Å². The highest BCUT2D eigenvalue weighted by Crippen LogP contribution is 2.46. The van der Waals surface area contributed by atoms with Crippen LogP contribution < -0.4 is 5.32 Å². The molecule has 1 N–H and O–H groups in total. The lowest BCUT2D eigenvalue weighted by molar-refractivity contribution is 0.160. The summed E-state index contributed by atoms with van der Waals surface area (Å²) in [5, 5.41) is 8.05. The lowest BCUT2D eigenvalue weighted by Crippen LogP contribution is -2.44. The first kappa shape index (κ1) is 15.6. The van der Waals surface area contributed by atoms with Crippen LogP contribution in [0.15, 0.2) is 12.4 Å². The molecule has 0 aliphatic heterocycles. The Balaban J connectivity index is 2.11. The summed E-state index contributed by atoms with van der Waals surface area (Å²) in [4.78, 5) is 0. The normalized spacial score (nSPS) is 19.6. The van der Waals surface area contributed by atoms with E-state index in [9.17, 15) is 0 Å². The van der Waals surface area contributed by atoms with Crippen molar-refractivity contribution in [2.75, 3.05) is 7.05 Å². The fourth-order valence-corrected chi connectivity index (χ4v) is 4.13. The Kier molecular flexibility index (Phi) is 5.25. The molecule has 0 saturated heterocycles. The number of rotatable bonds is 7. The van der Waals surface area contributed by atoms with Crippen molar-refractivity contribution < 1.29 is 0 Å². The predicted molar refractivity (Wildman–Crippen MR) is 84.8 cm³/mol. The van der Waals surface area contributed by atoms with Crippen molar-refractivity contribution in [3.05, 3.63) is 18.0 Å². The Morgan fingerprint density at radius 1 is 1.35 bits per heavy atom. The second-order valence-corrected chi connectivity index (χ2v) is 6.92. The molecular weight excluding hydrogens is 246 g/mol. The maximum Gasteiger partial charge on any atom is 0.0522 e. The number of nitrogens with one attached hydrogen (secondary N) is 1. The zero-order valence-electron chi connectivity index (χ0n) is 13.7. The van der Waals surface area contributed by atoms with E-state index in [2.05, 4.69) is 44.4 Å². The fourth-order valence-electron chi connectivity index (χ4n) is 4.13. The number of aryl methyl sites for hydroxylation is 1. The summed E-state index contributed by atoms with van der Waals surface area (Å²) in [6, 6.07) is 0.585. The minimum absolute atomic E-state index is 0.497. The van der Waals surface area contributed by atoms with Crippen LogP contribution in [-0.2, 0) is 13.0 Å². The van der Waals surface area contributed by atoms with Gasteiger partial charge in [0, 0.05) is 18.8 Å². The molecule has 1 saturated carbocycles. The van der Waals surface area contributed by atoms with Crippen molar-refractivity contribution in [3.8, 4) is 0 Å². The Labute approximate surface area is 124 Å². The molecule has 1 atom stereocenters. The van der Waals surface area contributed by atoms with Crippen molar-refractivity contribution in [2.24, 2.45) is 11.3 Å². The smallest absolute Gasteiger partial charge is 0.0522 e. The van der Waals surface area contributed by atoms with Crippen molar-refractivity contribution in [2.45, 2.75) is 71.9 Å². The van der Waals surface area contributed by atoms with Gasteiger partial charge in [0.25, 0.3) is 0 Å². The summed E-state index contributed by atoms with van der Waals surface area (Å²) in [5.41, 5.74) is 1.87. The van der Waals surface area contributed by atoms with Crippen molar-refractivity contribution in [1.29, 1.82) is 0 Å². The minimum Gasteiger partial charge on any atom is -0.316 e. The van der Waals surface area contributed by atoms with E-state index in [1.165, 1.54) is 37.7 Å². The molecule has 1 aliphatic carbocycles. The van der Waals surface area contributed by atoms with E-state index in [0.717, 1.165) is 18.9 Å². The molecule has 0 amide bonds. The summed E-state index contributed by atoms with van der Waals surface area (Å²) in [5.74, 6) is 0.780. The van der Waals surface area contributed by atoms with Gasteiger partial charge in [0.2, 0.25) is 0 Å². The molecule has 2 rings (SSSR count). The summed E-state index contributed by atoms with van der Waals surface area (Å²) in [7, 11) is 2.13. The largest absolute Gasteiger partial charge is 0.316 e. The molecular formula is C17H31N3. The number of aromatic nitrogens is 2. The molecule has 0 aromatic carbocycles. The second-order valence-electron chi connectivity index (χ2n) is 6.92. The molecule has 3 heteroatoms. The average molecular weight is 277 g/mol. The third-order valence-electron chi connectivity index (χ3n) is 4.95. The summed E-state index contributed by atoms with van der Waals surface area (Å²) in [6.07, 6.45) is 12.3. The highest BCUT2D eigenvalue weighted by molar-refractivity contribution is 5.09. The molecule has 1 aromatic rings. The molecule has 0 bridgehead atoms. The van der Waals surface area contributed by atoms with Crippen LogP contribution in [0.25, 0.3) is 0 Å². The van der Waals surface area contributed by atoms with Crippen LogP contribution in [0.4, 0.5) is 0 Å². The maximum atomic E-state index is 4.42. The van der Waals surface area contributed by atoms with Crippen LogP contribution in [0.5, 0.6) is 0 Å². The van der Waals surface area contributed by atoms with Gasteiger partial charge < -0.3 is 5.32 Å². The van der Waals surface area contributed by atoms with Gasteiger partial charge in [-0.1, -0.05) is 26.7 Å². The topological polar surface area (TPSA) is 29.9 Å². The Morgan fingerprint density at radius 3 is 2.55 bits per heavy atom. The fraction of sp³-hybridized carbons (Fsp3) is 0.824. The van der Waals surface area contributed by atoms with Crippen molar-refractivity contribution >= 4 is 0 Å². The number of likely N-dealkylation sites (N-methyl/N-ethyl adjacent to an activating group) is 1. The Morgan fingerprint density at radius 2 is 2.05 bits per heavy atom. The first-order valence-electron chi connectivity index (χ1n) is 8.28. The molecule has 114 valence electrons. The van der Waals surface area contributed by atoms with Gasteiger partial charge in [-0.05, 0) is 56.6 Å². The quantitative estimate of drug-likeness (QED) is 0.824. The van der Waals surface area contributed by atoms with Gasteiger partial charge in [-0.2, -0.15) is 5.10 Å². The number of hydrogen-bond donors (Lipinski definition) is 1. The van der Waals surface area contributed by atoms with Crippen LogP contribution in [0.2, 0.25) is 0 Å². The monoisotopic (exact) mass is 277 g/mol. The summed E-state index contributed by atoms with van der Waals surface area (Å²) < 4.78 is 2.03. The summed E-state index contributed by atoms with van der Waals surface area (Å²) in [6.45, 7) is 7.83. The lowest BCUT2D eigenvalue weighted by atomic mass is 9.71. The van der Waals surface area contributed by atoms with E-state index in [-0.39, 0.29) is 0 Å². The highest BCUT2D eigenvalue weighted by Gasteiger charge is 2.40. The van der Waals surface area contributed by atoms with E-state index in [1.807, 2.05) is 10.9 Å². The van der Waals surface area contributed by atoms with Crippen molar-refractivity contribution in [1.82, 2.24) is 15.1 Å². The van der Waals surface area contributed by atoms with Crippen LogP contribution in [0.3, 0.4) is 0 Å². The predicted octanol–water partition coefficient (Wildman–Crippen LogP) is 3.64. The molecule has 1 aliphatic rings. The maximum absolute atomic E-state index is 4.42. The van der Waals surface area contributed by atoms with Crippen LogP contribution in [0, 0.1) is 11.3 Å². The Bertz CT molecular complexity index is 402. The van der Waals surface area contributed by atoms with E-state index < -0.39 is 0 Å². The van der Waals surface area contributed by atoms with Gasteiger partial charge in [0.05, 0.1) is 6.20 Å². The second kappa shape index (κ2) is 6.75. The number of hydrogen-bond acceptors (Lipinski definition) is 2. The van der Waals surface area contributed by atoms with E-state index >= 15 is 0 Å². The van der Waals surface area contributed by atoms with Gasteiger partial charge in [-0.3, -0.25) is 4.68 Å². The zero-order chi connectivity index (χ0) is 14.6. The highest BCUT2D eigenvalue weighted by atomic mass is 15.3. The van der Waals surface area contributed by atoms with Crippen LogP contribution in [0.1, 0.15) is 58.4 Å². The van der Waals surface area contributed by atoms with Gasteiger partial charge in [0.1, 0.15) is 0 Å². The van der Waals surface area contributed by atoms with E-state index in [1.54, 1.807) is 0 Å². The number of nitrogens with zero attached hydrogens (tertiary/aromatic N) is 2. The zero-order valence-corrected chi connectivity index (χ0v) is 13.7. The molecule has 1 aromatic heterocycles. The standard InChI is InChI=1S/C17H31N3/c1-5-20-13-15(12-19-20)10-16(18-4)17(11-14(2)3)8-6-7-9-17/h12-14,16,18H,5-11H2,1-4H3. The molecule has 0 radical (unpaired) electrons. The third-order valence-corrected chi connectivity index (χ3v) is 4.95. The summed E-state index contributed by atoms with van der Waals surface area (Å²) >= 11 is 0. The van der Waals surface area contributed by atoms with Crippen LogP contribution in [-0.4, -0.2) is 22.9 Å². The van der Waals surface area contributed by atoms with Crippen molar-refractivity contribution in [3.63, 3.8) is 0 Å². The SMILES string of the molecule is CCn1cc(CC(NC)C2(CC(C)C)CCCC2)cn1. The van der Waals surface area contributed by atoms with Crippen LogP contribution >= 0.6 is 0 Å². The molecule has 3 nitrogen and oxygen atoms in total. The lowest BCUT2D eigenvalue weighted by Gasteiger charge is -2.39. The van der Waals surface area contributed by atoms with Gasteiger partial charge >= 0.3 is 0 Å². The first-order chi connectivity index (χ1) is 9.59.